The van der Waals surface area contributed by atoms with Crippen LogP contribution in [0.1, 0.15) is 12.0 Å². The monoisotopic (exact) mass is 282 g/mol. The molecule has 1 aliphatic heterocycles. The van der Waals surface area contributed by atoms with Crippen LogP contribution in [0.5, 0.6) is 0 Å². The third-order valence-corrected chi connectivity index (χ3v) is 3.63. The molecule has 5 nitrogen and oxygen atoms in total. The summed E-state index contributed by atoms with van der Waals surface area (Å²) >= 11 is 0. The third kappa shape index (κ3) is 2.87. The molecular weight excluding hydrogens is 264 g/mol. The van der Waals surface area contributed by atoms with Crippen molar-refractivity contribution in [1.82, 2.24) is 4.98 Å². The molecule has 0 aliphatic carbocycles. The molecule has 1 aliphatic rings. The summed E-state index contributed by atoms with van der Waals surface area (Å²) in [7, 11) is 2.03. The van der Waals surface area contributed by atoms with E-state index in [4.69, 9.17) is 10.6 Å². The molecule has 0 saturated heterocycles. The van der Waals surface area contributed by atoms with Gasteiger partial charge in [0.1, 0.15) is 6.10 Å². The Morgan fingerprint density at radius 3 is 2.43 bits per heavy atom. The maximum atomic E-state index is 5.59. The van der Waals surface area contributed by atoms with Gasteiger partial charge in [-0.2, -0.15) is 0 Å². The molecule has 2 aromatic rings. The zero-order chi connectivity index (χ0) is 14.7. The first-order chi connectivity index (χ1) is 10.3. The second-order valence-electron chi connectivity index (χ2n) is 5.02. The summed E-state index contributed by atoms with van der Waals surface area (Å²) in [5.41, 5.74) is 9.85. The molecule has 2 heterocycles. The van der Waals surface area contributed by atoms with Gasteiger partial charge in [0.25, 0.3) is 0 Å². The van der Waals surface area contributed by atoms with Crippen LogP contribution < -0.4 is 10.6 Å². The average molecular weight is 282 g/mol. The highest BCUT2D eigenvalue weighted by Crippen LogP contribution is 2.24. The first-order valence-corrected chi connectivity index (χ1v) is 6.95. The molecule has 1 unspecified atom stereocenters. The third-order valence-electron chi connectivity index (χ3n) is 3.63. The number of hydrogen-bond donors (Lipinski definition) is 1. The van der Waals surface area contributed by atoms with E-state index in [1.165, 1.54) is 0 Å². The van der Waals surface area contributed by atoms with Gasteiger partial charge in [-0.15, -0.1) is 0 Å². The van der Waals surface area contributed by atoms with Crippen molar-refractivity contribution in [3.05, 3.63) is 54.4 Å². The largest absolute Gasteiger partial charge is 0.390 e. The Bertz CT molecular complexity index is 624. The zero-order valence-corrected chi connectivity index (χ0v) is 11.9. The fraction of sp³-hybridized carbons (Fsp3) is 0.250. The van der Waals surface area contributed by atoms with E-state index in [1.807, 2.05) is 19.2 Å². The van der Waals surface area contributed by atoms with E-state index in [9.17, 15) is 0 Å². The summed E-state index contributed by atoms with van der Waals surface area (Å²) < 4.78 is 0. The van der Waals surface area contributed by atoms with Crippen LogP contribution >= 0.6 is 0 Å². The predicted octanol–water partition coefficient (Wildman–Crippen LogP) is 2.30. The van der Waals surface area contributed by atoms with Crippen LogP contribution in [0.15, 0.2) is 53.9 Å². The number of aromatic nitrogens is 1. The molecule has 21 heavy (non-hydrogen) atoms. The van der Waals surface area contributed by atoms with Gasteiger partial charge in [-0.05, 0) is 29.8 Å². The maximum Gasteiger partial charge on any atom is 0.145 e. The standard InChI is InChI=1S/C16H18N4O/c1-20(14-6-8-18-9-7-14)13-4-2-12(3-5-13)16-10-15(11-17)21-19-16/h2-9,15H,10-11,17H2,1H3. The normalized spacial score (nSPS) is 17.2. The number of nitrogens with zero attached hydrogens (tertiary/aromatic N) is 3. The molecule has 2 N–H and O–H groups in total. The summed E-state index contributed by atoms with van der Waals surface area (Å²) in [5, 5.41) is 4.11. The molecule has 0 fully saturated rings. The molecule has 1 atom stereocenters. The smallest absolute Gasteiger partial charge is 0.145 e. The number of benzene rings is 1. The first kappa shape index (κ1) is 13.6. The summed E-state index contributed by atoms with van der Waals surface area (Å²) in [5.74, 6) is 0. The topological polar surface area (TPSA) is 63.7 Å². The minimum absolute atomic E-state index is 0.0131. The molecule has 5 heteroatoms. The van der Waals surface area contributed by atoms with Crippen molar-refractivity contribution in [2.24, 2.45) is 10.9 Å². The SMILES string of the molecule is CN(c1ccncc1)c1ccc(C2=NOC(CN)C2)cc1. The van der Waals surface area contributed by atoms with Crippen molar-refractivity contribution in [3.63, 3.8) is 0 Å². The summed E-state index contributed by atoms with van der Waals surface area (Å²) in [6.45, 7) is 0.496. The van der Waals surface area contributed by atoms with E-state index >= 15 is 0 Å². The van der Waals surface area contributed by atoms with Crippen LogP contribution in [0.25, 0.3) is 0 Å². The molecule has 1 aromatic carbocycles. The first-order valence-electron chi connectivity index (χ1n) is 6.95. The number of anilines is 2. The number of hydrogen-bond acceptors (Lipinski definition) is 5. The Hall–Kier alpha value is -2.40. The maximum absolute atomic E-state index is 5.59. The van der Waals surface area contributed by atoms with E-state index in [0.29, 0.717) is 6.54 Å². The van der Waals surface area contributed by atoms with Gasteiger partial charge in [-0.25, -0.2) is 0 Å². The lowest BCUT2D eigenvalue weighted by atomic mass is 10.0. The lowest BCUT2D eigenvalue weighted by molar-refractivity contribution is 0.0918. The molecule has 0 amide bonds. The fourth-order valence-electron chi connectivity index (χ4n) is 2.32. The summed E-state index contributed by atoms with van der Waals surface area (Å²) in [4.78, 5) is 11.4. The van der Waals surface area contributed by atoms with Gasteiger partial charge in [-0.3, -0.25) is 4.98 Å². The molecular formula is C16H18N4O. The molecule has 0 radical (unpaired) electrons. The van der Waals surface area contributed by atoms with Crippen LogP contribution in [-0.4, -0.2) is 30.4 Å². The highest BCUT2D eigenvalue weighted by Gasteiger charge is 2.20. The Kier molecular flexibility index (Phi) is 3.83. The second-order valence-corrected chi connectivity index (χ2v) is 5.02. The van der Waals surface area contributed by atoms with Crippen molar-refractivity contribution in [2.75, 3.05) is 18.5 Å². The predicted molar refractivity (Wildman–Crippen MR) is 83.8 cm³/mol. The fourth-order valence-corrected chi connectivity index (χ4v) is 2.32. The Morgan fingerprint density at radius 2 is 1.81 bits per heavy atom. The summed E-state index contributed by atoms with van der Waals surface area (Å²) in [6.07, 6.45) is 4.37. The van der Waals surface area contributed by atoms with Crippen molar-refractivity contribution < 1.29 is 4.84 Å². The van der Waals surface area contributed by atoms with E-state index in [-0.39, 0.29) is 6.10 Å². The van der Waals surface area contributed by atoms with Crippen molar-refractivity contribution in [1.29, 1.82) is 0 Å². The number of nitrogens with two attached hydrogens (primary N) is 1. The van der Waals surface area contributed by atoms with Crippen LogP contribution in [0.2, 0.25) is 0 Å². The highest BCUT2D eigenvalue weighted by molar-refractivity contribution is 6.01. The quantitative estimate of drug-likeness (QED) is 0.934. The molecule has 0 saturated carbocycles. The Balaban J connectivity index is 1.76. The number of pyridine rings is 1. The lowest BCUT2D eigenvalue weighted by Gasteiger charge is -2.19. The highest BCUT2D eigenvalue weighted by atomic mass is 16.6. The minimum Gasteiger partial charge on any atom is -0.390 e. The van der Waals surface area contributed by atoms with Gasteiger partial charge in [0.05, 0.1) is 5.71 Å². The van der Waals surface area contributed by atoms with Crippen molar-refractivity contribution in [2.45, 2.75) is 12.5 Å². The Morgan fingerprint density at radius 1 is 1.14 bits per heavy atom. The van der Waals surface area contributed by atoms with Crippen molar-refractivity contribution >= 4 is 17.1 Å². The van der Waals surface area contributed by atoms with Gasteiger partial charge in [0.2, 0.25) is 0 Å². The minimum atomic E-state index is 0.0131. The summed E-state index contributed by atoms with van der Waals surface area (Å²) in [6, 6.07) is 12.2. The van der Waals surface area contributed by atoms with Crippen LogP contribution in [0.3, 0.4) is 0 Å². The Labute approximate surface area is 124 Å². The average Bonchev–Trinajstić information content (AvgIpc) is 3.04. The van der Waals surface area contributed by atoms with Crippen LogP contribution in [0, 0.1) is 0 Å². The molecule has 3 rings (SSSR count). The van der Waals surface area contributed by atoms with Gasteiger partial charge < -0.3 is 15.5 Å². The number of rotatable bonds is 4. The van der Waals surface area contributed by atoms with E-state index < -0.39 is 0 Å². The van der Waals surface area contributed by atoms with Gasteiger partial charge in [0, 0.05) is 43.8 Å². The van der Waals surface area contributed by atoms with Gasteiger partial charge in [0.15, 0.2) is 0 Å². The van der Waals surface area contributed by atoms with Crippen LogP contribution in [-0.2, 0) is 4.84 Å². The molecule has 0 bridgehead atoms. The number of oxime groups is 1. The molecule has 1 aromatic heterocycles. The molecule has 0 spiro atoms. The van der Waals surface area contributed by atoms with Gasteiger partial charge >= 0.3 is 0 Å². The van der Waals surface area contributed by atoms with E-state index in [0.717, 1.165) is 29.1 Å². The lowest BCUT2D eigenvalue weighted by Crippen LogP contribution is -2.20. The molecule has 108 valence electrons. The second kappa shape index (κ2) is 5.93. The zero-order valence-electron chi connectivity index (χ0n) is 11.9. The van der Waals surface area contributed by atoms with Crippen molar-refractivity contribution in [3.8, 4) is 0 Å². The van der Waals surface area contributed by atoms with Gasteiger partial charge in [-0.1, -0.05) is 17.3 Å². The van der Waals surface area contributed by atoms with E-state index in [1.54, 1.807) is 12.4 Å². The van der Waals surface area contributed by atoms with Crippen LogP contribution in [0.4, 0.5) is 11.4 Å². The van der Waals surface area contributed by atoms with E-state index in [2.05, 4.69) is 39.3 Å².